The fourth-order valence-electron chi connectivity index (χ4n) is 3.54. The summed E-state index contributed by atoms with van der Waals surface area (Å²) >= 11 is 13.9. The lowest BCUT2D eigenvalue weighted by Crippen LogP contribution is -2.03. The van der Waals surface area contributed by atoms with Crippen LogP contribution in [-0.2, 0) is 6.42 Å². The molecule has 0 fully saturated rings. The van der Waals surface area contributed by atoms with E-state index in [0.29, 0.717) is 26.8 Å². The average molecular weight is 528 g/mol. The van der Waals surface area contributed by atoms with Crippen LogP contribution >= 0.6 is 34.5 Å². The molecule has 0 amide bonds. The number of carboxylic acids is 1. The van der Waals surface area contributed by atoms with Crippen LogP contribution in [0.5, 0.6) is 0 Å². The number of nitrogens with one attached hydrogen (secondary N) is 1. The first kappa shape index (κ1) is 26.7. The topological polar surface area (TPSA) is 62.2 Å². The summed E-state index contributed by atoms with van der Waals surface area (Å²) in [5.41, 5.74) is 4.19. The second kappa shape index (κ2) is 12.2. The van der Waals surface area contributed by atoms with Gasteiger partial charge in [-0.25, -0.2) is 9.78 Å². The molecule has 0 unspecified atom stereocenters. The van der Waals surface area contributed by atoms with Crippen LogP contribution in [0.2, 0.25) is 10.0 Å². The van der Waals surface area contributed by atoms with Crippen molar-refractivity contribution in [2.24, 2.45) is 5.92 Å². The Labute approximate surface area is 220 Å². The minimum atomic E-state index is -1.00. The predicted octanol–water partition coefficient (Wildman–Crippen LogP) is 9.45. The lowest BCUT2D eigenvalue weighted by Gasteiger charge is -2.10. The molecule has 7 heteroatoms. The highest BCUT2D eigenvalue weighted by Crippen LogP contribution is 2.37. The number of carboxylic acid groups (broad SMARTS) is 1. The van der Waals surface area contributed by atoms with E-state index in [9.17, 15) is 9.90 Å². The molecular weight excluding hydrogens is 499 g/mol. The number of hydrogen-bond acceptors (Lipinski definition) is 4. The molecule has 4 nitrogen and oxygen atoms in total. The smallest absolute Gasteiger partial charge is 0.337 e. The zero-order valence-electron chi connectivity index (χ0n) is 20.1. The maximum atomic E-state index is 12.0. The molecule has 182 valence electrons. The van der Waals surface area contributed by atoms with Crippen LogP contribution in [0.3, 0.4) is 0 Å². The average Bonchev–Trinajstić information content (AvgIpc) is 3.24. The standard InChI is InChI=1S/C26H22Cl2N2O2S.C2H6/c1-15(2)12-23-24(18-8-10-20(27)21(28)14-18)30-26(33-23)29-22-11-9-17(13-19(22)25(31)32)16-6-4-3-5-7-16;1-2/h3-11,13-15H,12H2,1-2H3,(H,29,30)(H,31,32);1-2H3. The van der Waals surface area contributed by atoms with Gasteiger partial charge in [-0.3, -0.25) is 0 Å². The van der Waals surface area contributed by atoms with Gasteiger partial charge in [0.15, 0.2) is 5.13 Å². The molecule has 2 N–H and O–H groups in total. The van der Waals surface area contributed by atoms with Crippen molar-refractivity contribution >= 4 is 51.3 Å². The molecule has 0 aliphatic heterocycles. The molecule has 35 heavy (non-hydrogen) atoms. The molecule has 0 radical (unpaired) electrons. The van der Waals surface area contributed by atoms with E-state index >= 15 is 0 Å². The predicted molar refractivity (Wildman–Crippen MR) is 150 cm³/mol. The van der Waals surface area contributed by atoms with Gasteiger partial charge in [-0.1, -0.05) is 93.4 Å². The number of thiazole rings is 1. The van der Waals surface area contributed by atoms with E-state index in [-0.39, 0.29) is 5.56 Å². The Morgan fingerprint density at radius 2 is 1.63 bits per heavy atom. The first-order chi connectivity index (χ1) is 16.8. The first-order valence-corrected chi connectivity index (χ1v) is 13.0. The number of aromatic nitrogens is 1. The van der Waals surface area contributed by atoms with Gasteiger partial charge >= 0.3 is 5.97 Å². The summed E-state index contributed by atoms with van der Waals surface area (Å²) in [5, 5.41) is 14.7. The van der Waals surface area contributed by atoms with Crippen molar-refractivity contribution in [1.82, 2.24) is 4.98 Å². The van der Waals surface area contributed by atoms with Gasteiger partial charge in [0.25, 0.3) is 0 Å². The van der Waals surface area contributed by atoms with Gasteiger partial charge in [0, 0.05) is 10.4 Å². The Hall–Kier alpha value is -2.86. The molecule has 0 saturated carbocycles. The van der Waals surface area contributed by atoms with Gasteiger partial charge < -0.3 is 10.4 Å². The number of nitrogens with zero attached hydrogens (tertiary/aromatic N) is 1. The van der Waals surface area contributed by atoms with Crippen molar-refractivity contribution in [3.05, 3.63) is 87.2 Å². The summed E-state index contributed by atoms with van der Waals surface area (Å²) in [6, 6.07) is 20.5. The number of carbonyl (C=O) groups is 1. The van der Waals surface area contributed by atoms with Gasteiger partial charge in [-0.2, -0.15) is 0 Å². The highest BCUT2D eigenvalue weighted by Gasteiger charge is 2.18. The molecule has 0 aliphatic rings. The fraction of sp³-hybridized carbons (Fsp3) is 0.214. The Kier molecular flexibility index (Phi) is 9.33. The Morgan fingerprint density at radius 3 is 2.26 bits per heavy atom. The highest BCUT2D eigenvalue weighted by molar-refractivity contribution is 7.16. The molecule has 3 aromatic carbocycles. The third kappa shape index (κ3) is 6.63. The van der Waals surface area contributed by atoms with Crippen molar-refractivity contribution in [3.63, 3.8) is 0 Å². The largest absolute Gasteiger partial charge is 0.478 e. The monoisotopic (exact) mass is 526 g/mol. The Balaban J connectivity index is 0.00000167. The van der Waals surface area contributed by atoms with Gasteiger partial charge in [0.1, 0.15) is 0 Å². The molecule has 1 aromatic heterocycles. The molecule has 4 aromatic rings. The molecular formula is C28H28Cl2N2O2S. The first-order valence-electron chi connectivity index (χ1n) is 11.5. The van der Waals surface area contributed by atoms with Crippen LogP contribution in [0.15, 0.2) is 66.7 Å². The lowest BCUT2D eigenvalue weighted by atomic mass is 10.0. The van der Waals surface area contributed by atoms with Crippen LogP contribution in [-0.4, -0.2) is 16.1 Å². The van der Waals surface area contributed by atoms with E-state index in [1.807, 2.05) is 62.4 Å². The number of rotatable bonds is 7. The summed E-state index contributed by atoms with van der Waals surface area (Å²) in [6.45, 7) is 8.30. The molecule has 0 spiro atoms. The molecule has 0 saturated heterocycles. The molecule has 0 aliphatic carbocycles. The summed E-state index contributed by atoms with van der Waals surface area (Å²) in [5.74, 6) is -0.571. The quantitative estimate of drug-likeness (QED) is 0.251. The second-order valence-corrected chi connectivity index (χ2v) is 9.97. The van der Waals surface area contributed by atoms with Crippen LogP contribution < -0.4 is 5.32 Å². The van der Waals surface area contributed by atoms with Gasteiger partial charge in [0.05, 0.1) is 27.0 Å². The van der Waals surface area contributed by atoms with E-state index < -0.39 is 5.97 Å². The lowest BCUT2D eigenvalue weighted by molar-refractivity contribution is 0.0698. The van der Waals surface area contributed by atoms with E-state index in [2.05, 4.69) is 19.2 Å². The van der Waals surface area contributed by atoms with Crippen LogP contribution in [0.1, 0.15) is 42.9 Å². The summed E-state index contributed by atoms with van der Waals surface area (Å²) in [7, 11) is 0. The number of halogens is 2. The normalized spacial score (nSPS) is 10.6. The third-order valence-corrected chi connectivity index (χ3v) is 6.81. The molecule has 0 bridgehead atoms. The number of benzene rings is 3. The van der Waals surface area contributed by atoms with Crippen LogP contribution in [0.4, 0.5) is 10.8 Å². The highest BCUT2D eigenvalue weighted by atomic mass is 35.5. The maximum absolute atomic E-state index is 12.0. The van der Waals surface area contributed by atoms with Gasteiger partial charge in [-0.15, -0.1) is 11.3 Å². The molecule has 0 atom stereocenters. The Morgan fingerprint density at radius 1 is 0.943 bits per heavy atom. The second-order valence-electron chi connectivity index (χ2n) is 8.07. The van der Waals surface area contributed by atoms with E-state index in [1.54, 1.807) is 18.2 Å². The summed E-state index contributed by atoms with van der Waals surface area (Å²) in [4.78, 5) is 17.9. The van der Waals surface area contributed by atoms with Crippen molar-refractivity contribution in [3.8, 4) is 22.4 Å². The van der Waals surface area contributed by atoms with Crippen LogP contribution in [0, 0.1) is 5.92 Å². The number of anilines is 2. The number of hydrogen-bond donors (Lipinski definition) is 2. The van der Waals surface area contributed by atoms with Crippen molar-refractivity contribution in [2.45, 2.75) is 34.1 Å². The SMILES string of the molecule is CC.CC(C)Cc1sc(Nc2ccc(-c3ccccc3)cc2C(=O)O)nc1-c1ccc(Cl)c(Cl)c1. The maximum Gasteiger partial charge on any atom is 0.337 e. The van der Waals surface area contributed by atoms with Gasteiger partial charge in [-0.05, 0) is 47.7 Å². The van der Waals surface area contributed by atoms with Crippen LogP contribution in [0.25, 0.3) is 22.4 Å². The molecule has 1 heterocycles. The van der Waals surface area contributed by atoms with Crippen molar-refractivity contribution < 1.29 is 9.90 Å². The molecule has 4 rings (SSSR count). The van der Waals surface area contributed by atoms with E-state index in [4.69, 9.17) is 28.2 Å². The number of aromatic carboxylic acids is 1. The Bertz CT molecular complexity index is 1300. The van der Waals surface area contributed by atoms with Crippen molar-refractivity contribution in [2.75, 3.05) is 5.32 Å². The summed E-state index contributed by atoms with van der Waals surface area (Å²) in [6.07, 6.45) is 0.841. The van der Waals surface area contributed by atoms with E-state index in [1.165, 1.54) is 11.3 Å². The third-order valence-electron chi connectivity index (χ3n) is 5.08. The zero-order chi connectivity index (χ0) is 25.5. The minimum Gasteiger partial charge on any atom is -0.478 e. The minimum absolute atomic E-state index is 0.188. The van der Waals surface area contributed by atoms with Gasteiger partial charge in [0.2, 0.25) is 0 Å². The van der Waals surface area contributed by atoms with Crippen molar-refractivity contribution in [1.29, 1.82) is 0 Å². The zero-order valence-corrected chi connectivity index (χ0v) is 22.4. The summed E-state index contributed by atoms with van der Waals surface area (Å²) < 4.78 is 0. The fourth-order valence-corrected chi connectivity index (χ4v) is 5.05. The van der Waals surface area contributed by atoms with E-state index in [0.717, 1.165) is 33.7 Å².